The summed E-state index contributed by atoms with van der Waals surface area (Å²) in [4.78, 5) is 74.4. The van der Waals surface area contributed by atoms with Crippen molar-refractivity contribution in [2.75, 3.05) is 32.0 Å². The molecule has 4 atom stereocenters. The average molecular weight is 679 g/mol. The third-order valence-corrected chi connectivity index (χ3v) is 8.15. The van der Waals surface area contributed by atoms with E-state index in [-0.39, 0.29) is 75.7 Å². The molecule has 1 saturated heterocycles. The van der Waals surface area contributed by atoms with E-state index >= 15 is 0 Å². The molecule has 4 amide bonds. The molecule has 0 aromatic heterocycles. The predicted octanol–water partition coefficient (Wildman–Crippen LogP) is 1.34. The van der Waals surface area contributed by atoms with Crippen LogP contribution in [0.4, 0.5) is 5.69 Å². The maximum Gasteiger partial charge on any atom is 0.333 e. The molecule has 268 valence electrons. The minimum Gasteiger partial charge on any atom is -0.479 e. The number of nitrogens with one attached hydrogen (secondary N) is 3. The van der Waals surface area contributed by atoms with Gasteiger partial charge in [-0.25, -0.2) is 4.79 Å². The molecule has 0 saturated carbocycles. The van der Waals surface area contributed by atoms with Gasteiger partial charge in [-0.3, -0.25) is 19.2 Å². The number of rotatable bonds is 20. The van der Waals surface area contributed by atoms with Crippen molar-refractivity contribution in [2.24, 2.45) is 11.3 Å². The Morgan fingerprint density at radius 2 is 1.75 bits per heavy atom. The second kappa shape index (κ2) is 19.7. The van der Waals surface area contributed by atoms with Gasteiger partial charge in [0.1, 0.15) is 12.0 Å². The van der Waals surface area contributed by atoms with E-state index in [1.807, 2.05) is 13.8 Å². The second-order valence-electron chi connectivity index (χ2n) is 12.6. The van der Waals surface area contributed by atoms with E-state index in [1.165, 1.54) is 24.1 Å². The largest absolute Gasteiger partial charge is 0.479 e. The van der Waals surface area contributed by atoms with Crippen molar-refractivity contribution in [2.45, 2.75) is 97.2 Å². The molecule has 48 heavy (non-hydrogen) atoms. The minimum atomic E-state index is -1.25. The second-order valence-corrected chi connectivity index (χ2v) is 12.6. The van der Waals surface area contributed by atoms with Crippen LogP contribution in [0.1, 0.15) is 77.7 Å². The van der Waals surface area contributed by atoms with Crippen LogP contribution in [0.5, 0.6) is 5.75 Å². The molecule has 15 nitrogen and oxygen atoms in total. The average Bonchev–Trinajstić information content (AvgIpc) is 3.02. The summed E-state index contributed by atoms with van der Waals surface area (Å²) in [5.74, 6) is -3.30. The molecular formula is C33H50N4O11. The number of unbranched alkanes of at least 4 members (excludes halogenated alkanes) is 1. The van der Waals surface area contributed by atoms with Gasteiger partial charge in [-0.1, -0.05) is 39.7 Å². The van der Waals surface area contributed by atoms with Crippen molar-refractivity contribution in [3.8, 4) is 5.75 Å². The van der Waals surface area contributed by atoms with E-state index in [2.05, 4.69) is 22.9 Å². The van der Waals surface area contributed by atoms with Gasteiger partial charge in [0.2, 0.25) is 29.9 Å². The molecule has 2 rings (SSSR count). The van der Waals surface area contributed by atoms with Crippen LogP contribution in [0.3, 0.4) is 0 Å². The zero-order chi connectivity index (χ0) is 35.9. The number of hydrogen-bond donors (Lipinski definition) is 6. The zero-order valence-electron chi connectivity index (χ0n) is 28.2. The zero-order valence-corrected chi connectivity index (χ0v) is 28.2. The number of carbonyl (C=O) groups is 6. The van der Waals surface area contributed by atoms with Crippen molar-refractivity contribution in [1.82, 2.24) is 15.5 Å². The Balaban J connectivity index is 1.80. The van der Waals surface area contributed by atoms with Crippen molar-refractivity contribution in [3.63, 3.8) is 0 Å². The maximum atomic E-state index is 13.1. The van der Waals surface area contributed by atoms with Crippen LogP contribution in [-0.4, -0.2) is 101 Å². The van der Waals surface area contributed by atoms with Gasteiger partial charge in [0, 0.05) is 58.2 Å². The predicted molar refractivity (Wildman–Crippen MR) is 174 cm³/mol. The number of hydrogen-bond acceptors (Lipinski definition) is 10. The first-order chi connectivity index (χ1) is 22.7. The minimum absolute atomic E-state index is 0.00791. The van der Waals surface area contributed by atoms with Crippen LogP contribution < -0.4 is 20.7 Å². The number of carboxylic acid groups (broad SMARTS) is 1. The molecule has 0 bridgehead atoms. The molecule has 1 heterocycles. The Kier molecular flexibility index (Phi) is 16.4. The van der Waals surface area contributed by atoms with Gasteiger partial charge in [-0.15, -0.1) is 0 Å². The Hall–Kier alpha value is -4.08. The van der Waals surface area contributed by atoms with Crippen LogP contribution in [-0.2, 0) is 40.1 Å². The fraction of sp³-hybridized carbons (Fsp3) is 0.636. The molecule has 1 aromatic carbocycles. The Morgan fingerprint density at radius 3 is 2.38 bits per heavy atom. The van der Waals surface area contributed by atoms with E-state index in [0.717, 1.165) is 25.5 Å². The lowest BCUT2D eigenvalue weighted by Gasteiger charge is -2.35. The first-order valence-corrected chi connectivity index (χ1v) is 16.2. The SMILES string of the molecule is CCCCC(C)(C)C(CC=O)C(=O)N(C)CC(=O)NCCC(=O)NCCC(=O)Nc1cc(CO)ccc1OC1CC(O)CC(C(=O)O)O1. The third-order valence-electron chi connectivity index (χ3n) is 8.15. The van der Waals surface area contributed by atoms with Crippen molar-refractivity contribution >= 4 is 41.6 Å². The van der Waals surface area contributed by atoms with E-state index in [1.54, 1.807) is 6.07 Å². The van der Waals surface area contributed by atoms with Crippen LogP contribution >= 0.6 is 0 Å². The van der Waals surface area contributed by atoms with E-state index in [0.29, 0.717) is 5.56 Å². The molecule has 1 aromatic rings. The molecule has 15 heteroatoms. The number of aliphatic hydroxyl groups is 2. The summed E-state index contributed by atoms with van der Waals surface area (Å²) in [6.07, 6.45) is -0.107. The Morgan fingerprint density at radius 1 is 1.08 bits per heavy atom. The monoisotopic (exact) mass is 678 g/mol. The normalized spacial score (nSPS) is 18.2. The number of ether oxygens (including phenoxy) is 2. The van der Waals surface area contributed by atoms with Crippen molar-refractivity contribution < 1.29 is 53.6 Å². The highest BCUT2D eigenvalue weighted by Gasteiger charge is 2.36. The summed E-state index contributed by atoms with van der Waals surface area (Å²) < 4.78 is 11.2. The van der Waals surface area contributed by atoms with E-state index < -0.39 is 53.5 Å². The van der Waals surface area contributed by atoms with Gasteiger partial charge in [-0.05, 0) is 29.5 Å². The van der Waals surface area contributed by atoms with Gasteiger partial charge in [0.05, 0.1) is 24.9 Å². The topological polar surface area (TPSA) is 221 Å². The molecule has 1 aliphatic heterocycles. The van der Waals surface area contributed by atoms with E-state index in [4.69, 9.17) is 9.47 Å². The van der Waals surface area contributed by atoms with Crippen LogP contribution in [0.15, 0.2) is 18.2 Å². The highest BCUT2D eigenvalue weighted by molar-refractivity contribution is 5.93. The maximum absolute atomic E-state index is 13.1. The Bertz CT molecular complexity index is 1270. The van der Waals surface area contributed by atoms with Gasteiger partial charge >= 0.3 is 5.97 Å². The summed E-state index contributed by atoms with van der Waals surface area (Å²) in [5, 5.41) is 36.7. The lowest BCUT2D eigenvalue weighted by Crippen LogP contribution is -2.45. The van der Waals surface area contributed by atoms with Crippen molar-refractivity contribution in [3.05, 3.63) is 23.8 Å². The smallest absolute Gasteiger partial charge is 0.333 e. The highest BCUT2D eigenvalue weighted by Crippen LogP contribution is 2.35. The first-order valence-electron chi connectivity index (χ1n) is 16.2. The van der Waals surface area contributed by atoms with Crippen molar-refractivity contribution in [1.29, 1.82) is 0 Å². The summed E-state index contributed by atoms with van der Waals surface area (Å²) in [6, 6.07) is 4.50. The summed E-state index contributed by atoms with van der Waals surface area (Å²) in [5.41, 5.74) is 0.240. The number of aldehydes is 1. The number of aliphatic hydroxyl groups excluding tert-OH is 2. The number of nitrogens with zero attached hydrogens (tertiary/aromatic N) is 1. The molecule has 0 radical (unpaired) electrons. The quantitative estimate of drug-likeness (QED) is 0.108. The van der Waals surface area contributed by atoms with Crippen LogP contribution in [0, 0.1) is 11.3 Å². The van der Waals surface area contributed by atoms with Gasteiger partial charge < -0.3 is 50.4 Å². The number of amides is 4. The molecule has 6 N–H and O–H groups in total. The molecule has 1 aliphatic rings. The van der Waals surface area contributed by atoms with Crippen LogP contribution in [0.2, 0.25) is 0 Å². The summed E-state index contributed by atoms with van der Waals surface area (Å²) in [6.45, 7) is 5.40. The lowest BCUT2D eigenvalue weighted by molar-refractivity contribution is -0.195. The van der Waals surface area contributed by atoms with E-state index in [9.17, 15) is 44.1 Å². The number of carboxylic acids is 1. The molecular weight excluding hydrogens is 628 g/mol. The van der Waals surface area contributed by atoms with Gasteiger partial charge in [-0.2, -0.15) is 0 Å². The Labute approximate surface area is 280 Å². The molecule has 4 unspecified atom stereocenters. The first kappa shape index (κ1) is 40.1. The number of benzene rings is 1. The summed E-state index contributed by atoms with van der Waals surface area (Å²) in [7, 11) is 1.51. The molecule has 0 spiro atoms. The molecule has 1 fully saturated rings. The number of aliphatic carboxylic acids is 1. The fourth-order valence-corrected chi connectivity index (χ4v) is 5.32. The third kappa shape index (κ3) is 13.2. The standard InChI is InChI=1S/C33H50N4O11/c1-5-6-12-33(2,3)23(11-15-38)31(44)37(4)19-29(43)35-13-9-27(41)34-14-10-28(42)36-24-16-21(20-39)7-8-25(24)47-30-18-22(40)17-26(48-30)32(45)46/h7-8,15-16,22-23,26,30,39-40H,5-6,9-14,17-20H2,1-4H3,(H,34,41)(H,35,43)(H,36,42)(H,45,46). The number of likely N-dealkylation sites (N-methyl/N-ethyl adjacent to an activating group) is 1. The number of carbonyl (C=O) groups excluding carboxylic acids is 5. The fourth-order valence-electron chi connectivity index (χ4n) is 5.32. The summed E-state index contributed by atoms with van der Waals surface area (Å²) >= 11 is 0. The van der Waals surface area contributed by atoms with Gasteiger partial charge in [0.25, 0.3) is 0 Å². The van der Waals surface area contributed by atoms with Gasteiger partial charge in [0.15, 0.2) is 6.10 Å². The highest BCUT2D eigenvalue weighted by atomic mass is 16.7. The number of anilines is 1. The lowest BCUT2D eigenvalue weighted by atomic mass is 9.73. The van der Waals surface area contributed by atoms with Crippen LogP contribution in [0.25, 0.3) is 0 Å². The molecule has 0 aliphatic carbocycles.